The van der Waals surface area contributed by atoms with Crippen molar-refractivity contribution in [1.82, 2.24) is 20.0 Å². The predicted molar refractivity (Wildman–Crippen MR) is 153 cm³/mol. The fourth-order valence-corrected chi connectivity index (χ4v) is 4.66. The van der Waals surface area contributed by atoms with E-state index in [-0.39, 0.29) is 24.3 Å². The summed E-state index contributed by atoms with van der Waals surface area (Å²) >= 11 is 0. The second-order valence-corrected chi connectivity index (χ2v) is 10.5. The maximum absolute atomic E-state index is 13.1. The lowest BCUT2D eigenvalue weighted by Gasteiger charge is -2.36. The maximum atomic E-state index is 13.1. The van der Waals surface area contributed by atoms with Crippen LogP contribution in [0.1, 0.15) is 34.1 Å². The maximum Gasteiger partial charge on any atom is 0.242 e. The topological polar surface area (TPSA) is 69.6 Å². The van der Waals surface area contributed by atoms with E-state index < -0.39 is 0 Å². The van der Waals surface area contributed by atoms with Gasteiger partial charge in [0.2, 0.25) is 11.8 Å². The SMILES string of the molecule is CCC(C)CN(CC(=O)N1CCN(c2ccc(-c3ccc(-c4ccccc4)cc3)nn2)CC1)C(=O)C(C)C. The van der Waals surface area contributed by atoms with Crippen LogP contribution in [0.25, 0.3) is 22.4 Å². The summed E-state index contributed by atoms with van der Waals surface area (Å²) in [6.07, 6.45) is 0.980. The molecule has 2 heterocycles. The van der Waals surface area contributed by atoms with Crippen LogP contribution in [-0.4, -0.2) is 71.1 Å². The Labute approximate surface area is 226 Å². The Kier molecular flexibility index (Phi) is 9.10. The van der Waals surface area contributed by atoms with Crippen LogP contribution < -0.4 is 4.90 Å². The number of benzene rings is 2. The molecule has 7 nitrogen and oxygen atoms in total. The summed E-state index contributed by atoms with van der Waals surface area (Å²) in [6.45, 7) is 11.4. The van der Waals surface area contributed by atoms with E-state index in [1.807, 2.05) is 49.1 Å². The van der Waals surface area contributed by atoms with Crippen LogP contribution in [-0.2, 0) is 9.59 Å². The van der Waals surface area contributed by atoms with Crippen LogP contribution in [0.3, 0.4) is 0 Å². The second-order valence-electron chi connectivity index (χ2n) is 10.5. The second kappa shape index (κ2) is 12.7. The summed E-state index contributed by atoms with van der Waals surface area (Å²) in [7, 11) is 0. The zero-order valence-corrected chi connectivity index (χ0v) is 23.0. The van der Waals surface area contributed by atoms with E-state index in [1.54, 1.807) is 4.90 Å². The minimum absolute atomic E-state index is 0.0161. The van der Waals surface area contributed by atoms with Crippen molar-refractivity contribution in [1.29, 1.82) is 0 Å². The average Bonchev–Trinajstić information content (AvgIpc) is 2.97. The number of nitrogens with zero attached hydrogens (tertiary/aromatic N) is 5. The fraction of sp³-hybridized carbons (Fsp3) is 0.419. The third kappa shape index (κ3) is 6.77. The lowest BCUT2D eigenvalue weighted by molar-refractivity contribution is -0.143. The number of aromatic nitrogens is 2. The zero-order chi connectivity index (χ0) is 27.1. The first-order valence-electron chi connectivity index (χ1n) is 13.7. The molecule has 2 amide bonds. The van der Waals surface area contributed by atoms with Crippen LogP contribution in [0.15, 0.2) is 66.7 Å². The quantitative estimate of drug-likeness (QED) is 0.403. The van der Waals surface area contributed by atoms with Crippen molar-refractivity contribution in [3.05, 3.63) is 66.7 Å². The summed E-state index contributed by atoms with van der Waals surface area (Å²) in [6, 6.07) is 22.7. The van der Waals surface area contributed by atoms with Crippen molar-refractivity contribution in [2.75, 3.05) is 44.2 Å². The molecule has 1 aliphatic rings. The predicted octanol–water partition coefficient (Wildman–Crippen LogP) is 4.99. The first-order valence-corrected chi connectivity index (χ1v) is 13.7. The fourth-order valence-electron chi connectivity index (χ4n) is 4.66. The highest BCUT2D eigenvalue weighted by atomic mass is 16.2. The Bertz CT molecular complexity index is 1190. The summed E-state index contributed by atoms with van der Waals surface area (Å²) in [4.78, 5) is 31.5. The first kappa shape index (κ1) is 27.3. The number of amides is 2. The molecular weight excluding hydrogens is 474 g/mol. The van der Waals surface area contributed by atoms with Crippen molar-refractivity contribution in [2.24, 2.45) is 11.8 Å². The third-order valence-corrected chi connectivity index (χ3v) is 7.26. The molecule has 2 aromatic carbocycles. The molecule has 0 N–H and O–H groups in total. The molecule has 3 aromatic rings. The van der Waals surface area contributed by atoms with E-state index in [0.29, 0.717) is 38.6 Å². The molecule has 1 saturated heterocycles. The third-order valence-electron chi connectivity index (χ3n) is 7.26. The van der Waals surface area contributed by atoms with E-state index in [0.717, 1.165) is 23.5 Å². The smallest absolute Gasteiger partial charge is 0.242 e. The van der Waals surface area contributed by atoms with Crippen LogP contribution in [0, 0.1) is 11.8 Å². The highest BCUT2D eigenvalue weighted by Gasteiger charge is 2.27. The van der Waals surface area contributed by atoms with Crippen LogP contribution >= 0.6 is 0 Å². The summed E-state index contributed by atoms with van der Waals surface area (Å²) in [5, 5.41) is 8.96. The van der Waals surface area contributed by atoms with Gasteiger partial charge in [-0.25, -0.2) is 0 Å². The molecule has 1 fully saturated rings. The van der Waals surface area contributed by atoms with E-state index >= 15 is 0 Å². The molecule has 0 spiro atoms. The molecule has 200 valence electrons. The minimum Gasteiger partial charge on any atom is -0.352 e. The van der Waals surface area contributed by atoms with Gasteiger partial charge in [0, 0.05) is 44.2 Å². The molecule has 0 aliphatic carbocycles. The number of piperazine rings is 1. The van der Waals surface area contributed by atoms with Gasteiger partial charge < -0.3 is 14.7 Å². The van der Waals surface area contributed by atoms with Gasteiger partial charge >= 0.3 is 0 Å². The number of hydrogen-bond acceptors (Lipinski definition) is 5. The Balaban J connectivity index is 1.32. The van der Waals surface area contributed by atoms with Gasteiger partial charge in [-0.3, -0.25) is 9.59 Å². The molecule has 4 rings (SSSR count). The van der Waals surface area contributed by atoms with Crippen molar-refractivity contribution in [3.8, 4) is 22.4 Å². The van der Waals surface area contributed by atoms with E-state index in [4.69, 9.17) is 0 Å². The van der Waals surface area contributed by atoms with E-state index in [9.17, 15) is 9.59 Å². The summed E-state index contributed by atoms with van der Waals surface area (Å²) in [5.41, 5.74) is 4.21. The first-order chi connectivity index (χ1) is 18.4. The molecular formula is C31H39N5O2. The van der Waals surface area contributed by atoms with Crippen molar-refractivity contribution in [2.45, 2.75) is 34.1 Å². The standard InChI is InChI=1S/C31H39N5O2/c1-5-24(4)21-36(31(38)23(2)3)22-30(37)35-19-17-34(18-20-35)29-16-15-28(32-33-29)27-13-11-26(12-14-27)25-9-7-6-8-10-25/h6-16,23-24H,5,17-22H2,1-4H3. The van der Waals surface area contributed by atoms with E-state index in [1.165, 1.54) is 11.1 Å². The lowest BCUT2D eigenvalue weighted by Crippen LogP contribution is -2.52. The number of anilines is 1. The summed E-state index contributed by atoms with van der Waals surface area (Å²) in [5.74, 6) is 1.12. The van der Waals surface area contributed by atoms with Crippen molar-refractivity contribution < 1.29 is 9.59 Å². The lowest BCUT2D eigenvalue weighted by atomic mass is 10.0. The molecule has 38 heavy (non-hydrogen) atoms. The molecule has 7 heteroatoms. The zero-order valence-electron chi connectivity index (χ0n) is 23.0. The van der Waals surface area contributed by atoms with Crippen molar-refractivity contribution >= 4 is 17.6 Å². The molecule has 1 atom stereocenters. The van der Waals surface area contributed by atoms with E-state index in [2.05, 4.69) is 65.3 Å². The Hall–Kier alpha value is -3.74. The van der Waals surface area contributed by atoms with Gasteiger partial charge in [0.1, 0.15) is 0 Å². The molecule has 1 aromatic heterocycles. The monoisotopic (exact) mass is 513 g/mol. The van der Waals surface area contributed by atoms with Crippen molar-refractivity contribution in [3.63, 3.8) is 0 Å². The number of rotatable bonds is 9. The largest absolute Gasteiger partial charge is 0.352 e. The normalized spacial score (nSPS) is 14.4. The molecule has 0 radical (unpaired) electrons. The summed E-state index contributed by atoms with van der Waals surface area (Å²) < 4.78 is 0. The molecule has 0 bridgehead atoms. The molecule has 1 unspecified atom stereocenters. The van der Waals surface area contributed by atoms with Crippen LogP contribution in [0.4, 0.5) is 5.82 Å². The van der Waals surface area contributed by atoms with Crippen LogP contribution in [0.2, 0.25) is 0 Å². The van der Waals surface area contributed by atoms with Gasteiger partial charge in [0.15, 0.2) is 5.82 Å². The van der Waals surface area contributed by atoms with Gasteiger partial charge in [-0.15, -0.1) is 10.2 Å². The Morgan fingerprint density at radius 1 is 0.816 bits per heavy atom. The number of carbonyl (C=O) groups excluding carboxylic acids is 2. The Morgan fingerprint density at radius 3 is 2.03 bits per heavy atom. The number of carbonyl (C=O) groups is 2. The molecule has 0 saturated carbocycles. The van der Waals surface area contributed by atoms with Gasteiger partial charge in [-0.2, -0.15) is 0 Å². The molecule has 1 aliphatic heterocycles. The highest BCUT2D eigenvalue weighted by molar-refractivity contribution is 5.86. The Morgan fingerprint density at radius 2 is 1.45 bits per heavy atom. The minimum atomic E-state index is -0.118. The van der Waals surface area contributed by atoms with Gasteiger partial charge in [0.05, 0.1) is 12.2 Å². The number of hydrogen-bond donors (Lipinski definition) is 0. The van der Waals surface area contributed by atoms with Crippen LogP contribution in [0.5, 0.6) is 0 Å². The van der Waals surface area contributed by atoms with Gasteiger partial charge in [-0.05, 0) is 29.2 Å². The average molecular weight is 514 g/mol. The highest BCUT2D eigenvalue weighted by Crippen LogP contribution is 2.24. The van der Waals surface area contributed by atoms with Gasteiger partial charge in [-0.1, -0.05) is 88.7 Å². The van der Waals surface area contributed by atoms with Gasteiger partial charge in [0.25, 0.3) is 0 Å².